The van der Waals surface area contributed by atoms with Crippen molar-refractivity contribution < 1.29 is 0 Å². The fourth-order valence-corrected chi connectivity index (χ4v) is 4.16. The molecule has 3 heterocycles. The topological polar surface area (TPSA) is 60.9 Å². The summed E-state index contributed by atoms with van der Waals surface area (Å²) in [4.78, 5) is 14.1. The number of piperazine rings is 1. The van der Waals surface area contributed by atoms with E-state index in [1.54, 1.807) is 11.8 Å². The molecule has 1 aromatic carbocycles. The minimum absolute atomic E-state index is 0.674. The Morgan fingerprint density at radius 2 is 1.84 bits per heavy atom. The van der Waals surface area contributed by atoms with Crippen LogP contribution in [-0.2, 0) is 12.8 Å². The lowest BCUT2D eigenvalue weighted by Crippen LogP contribution is -2.52. The van der Waals surface area contributed by atoms with Crippen LogP contribution >= 0.6 is 0 Å². The molecule has 1 atom stereocenters. The zero-order valence-corrected chi connectivity index (χ0v) is 14.2. The van der Waals surface area contributed by atoms with Crippen LogP contribution in [-0.4, -0.2) is 57.3 Å². The van der Waals surface area contributed by atoms with Gasteiger partial charge in [-0.05, 0) is 30.4 Å². The number of aromatic amines is 1. The largest absolute Gasteiger partial charge is 0.338 e. The van der Waals surface area contributed by atoms with E-state index >= 15 is 0 Å². The lowest BCUT2D eigenvalue weighted by molar-refractivity contribution is 0.169. The molecule has 6 nitrogen and oxygen atoms in total. The van der Waals surface area contributed by atoms with Gasteiger partial charge in [0.25, 0.3) is 0 Å². The minimum atomic E-state index is 0.674. The van der Waals surface area contributed by atoms with Crippen LogP contribution < -0.4 is 4.90 Å². The number of nitrogens with zero attached hydrogens (tertiary/aromatic N) is 5. The van der Waals surface area contributed by atoms with E-state index in [0.717, 1.165) is 43.2 Å². The lowest BCUT2D eigenvalue weighted by Gasteiger charge is -2.41. The zero-order chi connectivity index (χ0) is 16.6. The zero-order valence-electron chi connectivity index (χ0n) is 14.2. The molecule has 2 aliphatic rings. The van der Waals surface area contributed by atoms with Gasteiger partial charge in [-0.1, -0.05) is 24.3 Å². The second-order valence-corrected chi connectivity index (χ2v) is 7.03. The first-order chi connectivity index (χ1) is 12.4. The molecule has 3 aromatic rings. The summed E-state index contributed by atoms with van der Waals surface area (Å²) in [5.41, 5.74) is 3.89. The molecule has 1 N–H and O–H groups in total. The molecule has 0 spiro atoms. The molecule has 1 fully saturated rings. The summed E-state index contributed by atoms with van der Waals surface area (Å²) in [7, 11) is 0. The predicted octanol–water partition coefficient (Wildman–Crippen LogP) is 2.03. The van der Waals surface area contributed by atoms with E-state index < -0.39 is 0 Å². The van der Waals surface area contributed by atoms with Gasteiger partial charge < -0.3 is 4.90 Å². The number of hydrogen-bond donors (Lipinski definition) is 1. The van der Waals surface area contributed by atoms with Gasteiger partial charge in [0.05, 0.1) is 11.6 Å². The molecule has 1 unspecified atom stereocenters. The van der Waals surface area contributed by atoms with Gasteiger partial charge in [0.1, 0.15) is 0 Å². The first kappa shape index (κ1) is 14.8. The Morgan fingerprint density at radius 1 is 1.00 bits per heavy atom. The Balaban J connectivity index is 1.25. The molecule has 1 saturated heterocycles. The van der Waals surface area contributed by atoms with Crippen LogP contribution in [0, 0.1) is 0 Å². The molecule has 128 valence electrons. The maximum absolute atomic E-state index is 4.60. The van der Waals surface area contributed by atoms with E-state index in [1.165, 1.54) is 24.8 Å². The Bertz CT molecular complexity index is 880. The second-order valence-electron chi connectivity index (χ2n) is 7.03. The van der Waals surface area contributed by atoms with Gasteiger partial charge in [0.15, 0.2) is 5.65 Å². The number of aromatic nitrogens is 4. The lowest BCUT2D eigenvalue weighted by atomic mass is 9.87. The first-order valence-corrected chi connectivity index (χ1v) is 9.09. The van der Waals surface area contributed by atoms with Crippen molar-refractivity contribution in [1.29, 1.82) is 0 Å². The maximum Gasteiger partial charge on any atom is 0.227 e. The van der Waals surface area contributed by atoms with E-state index in [4.69, 9.17) is 0 Å². The molecule has 1 aliphatic heterocycles. The Hall–Kier alpha value is -2.47. The number of nitrogens with one attached hydrogen (secondary N) is 1. The van der Waals surface area contributed by atoms with E-state index in [1.807, 2.05) is 6.20 Å². The van der Waals surface area contributed by atoms with Crippen molar-refractivity contribution in [2.75, 3.05) is 31.1 Å². The summed E-state index contributed by atoms with van der Waals surface area (Å²) in [6.45, 7) is 4.13. The first-order valence-electron chi connectivity index (χ1n) is 9.09. The minimum Gasteiger partial charge on any atom is -0.338 e. The summed E-state index contributed by atoms with van der Waals surface area (Å²) >= 11 is 0. The maximum atomic E-state index is 4.60. The summed E-state index contributed by atoms with van der Waals surface area (Å²) in [5, 5.41) is 7.92. The third-order valence-electron chi connectivity index (χ3n) is 5.61. The molecule has 5 rings (SSSR count). The number of fused-ring (bicyclic) bond motifs is 2. The average molecular weight is 334 g/mol. The third kappa shape index (κ3) is 2.76. The van der Waals surface area contributed by atoms with Crippen LogP contribution in [0.1, 0.15) is 17.5 Å². The van der Waals surface area contributed by atoms with Gasteiger partial charge in [-0.15, -0.1) is 0 Å². The fraction of sp³-hybridized carbons (Fsp3) is 0.421. The Kier molecular flexibility index (Phi) is 3.63. The highest BCUT2D eigenvalue weighted by atomic mass is 15.3. The number of anilines is 1. The molecule has 1 aliphatic carbocycles. The van der Waals surface area contributed by atoms with Crippen molar-refractivity contribution in [2.45, 2.75) is 25.3 Å². The number of H-pyrrole nitrogens is 1. The van der Waals surface area contributed by atoms with E-state index in [9.17, 15) is 0 Å². The standard InChI is InChI=1S/C19H22N6/c1-2-4-15-11-17(6-5-14(15)3-1)24-7-9-25(10-8-24)19-20-12-16-13-21-23-18(16)22-19/h1-4,12-13,17H,5-11H2,(H,20,21,22,23). The average Bonchev–Trinajstić information content (AvgIpc) is 3.15. The molecule has 0 radical (unpaired) electrons. The highest BCUT2D eigenvalue weighted by Crippen LogP contribution is 2.25. The van der Waals surface area contributed by atoms with Crippen molar-refractivity contribution >= 4 is 17.0 Å². The summed E-state index contributed by atoms with van der Waals surface area (Å²) in [6.07, 6.45) is 7.28. The summed E-state index contributed by atoms with van der Waals surface area (Å²) in [6, 6.07) is 9.58. The quantitative estimate of drug-likeness (QED) is 0.777. The van der Waals surface area contributed by atoms with Crippen molar-refractivity contribution in [3.63, 3.8) is 0 Å². The van der Waals surface area contributed by atoms with Crippen molar-refractivity contribution in [2.24, 2.45) is 0 Å². The molecular weight excluding hydrogens is 312 g/mol. The van der Waals surface area contributed by atoms with Crippen LogP contribution in [0.5, 0.6) is 0 Å². The summed E-state index contributed by atoms with van der Waals surface area (Å²) in [5.74, 6) is 0.811. The molecule has 0 amide bonds. The van der Waals surface area contributed by atoms with E-state index in [2.05, 4.69) is 54.2 Å². The normalized spacial score (nSPS) is 21.4. The number of rotatable bonds is 2. The molecule has 2 aromatic heterocycles. The van der Waals surface area contributed by atoms with Crippen LogP contribution in [0.3, 0.4) is 0 Å². The Morgan fingerprint density at radius 3 is 2.72 bits per heavy atom. The third-order valence-corrected chi connectivity index (χ3v) is 5.61. The highest BCUT2D eigenvalue weighted by molar-refractivity contribution is 5.73. The van der Waals surface area contributed by atoms with Crippen LogP contribution in [0.4, 0.5) is 5.95 Å². The summed E-state index contributed by atoms with van der Waals surface area (Å²) < 4.78 is 0. The van der Waals surface area contributed by atoms with Crippen molar-refractivity contribution in [3.05, 3.63) is 47.8 Å². The van der Waals surface area contributed by atoms with Gasteiger partial charge in [0, 0.05) is 38.4 Å². The van der Waals surface area contributed by atoms with E-state index in [0.29, 0.717) is 6.04 Å². The van der Waals surface area contributed by atoms with Gasteiger partial charge >= 0.3 is 0 Å². The second kappa shape index (κ2) is 6.11. The smallest absolute Gasteiger partial charge is 0.227 e. The predicted molar refractivity (Wildman–Crippen MR) is 97.7 cm³/mol. The molecule has 0 saturated carbocycles. The van der Waals surface area contributed by atoms with Gasteiger partial charge in [-0.2, -0.15) is 10.1 Å². The number of benzene rings is 1. The van der Waals surface area contributed by atoms with Crippen LogP contribution in [0.15, 0.2) is 36.7 Å². The van der Waals surface area contributed by atoms with Gasteiger partial charge in [-0.25, -0.2) is 4.98 Å². The van der Waals surface area contributed by atoms with Crippen molar-refractivity contribution in [1.82, 2.24) is 25.1 Å². The number of hydrogen-bond acceptors (Lipinski definition) is 5. The fourth-order valence-electron chi connectivity index (χ4n) is 4.16. The van der Waals surface area contributed by atoms with E-state index in [-0.39, 0.29) is 0 Å². The van der Waals surface area contributed by atoms with Gasteiger partial charge in [-0.3, -0.25) is 10.00 Å². The molecule has 6 heteroatoms. The SMILES string of the molecule is c1ccc2c(c1)CCC(N1CCN(c3ncc4cn[nH]c4n3)CC1)C2. The van der Waals surface area contributed by atoms with Crippen LogP contribution in [0.2, 0.25) is 0 Å². The van der Waals surface area contributed by atoms with Gasteiger partial charge in [0.2, 0.25) is 5.95 Å². The Labute approximate surface area is 146 Å². The highest BCUT2D eigenvalue weighted by Gasteiger charge is 2.27. The molecular formula is C19H22N6. The monoisotopic (exact) mass is 334 g/mol. The van der Waals surface area contributed by atoms with Crippen LogP contribution in [0.25, 0.3) is 11.0 Å². The number of aryl methyl sites for hydroxylation is 1. The molecule has 25 heavy (non-hydrogen) atoms. The van der Waals surface area contributed by atoms with Crippen molar-refractivity contribution in [3.8, 4) is 0 Å². The molecule has 0 bridgehead atoms.